The number of H-pyrrole nitrogens is 1. The Morgan fingerprint density at radius 3 is 2.83 bits per heavy atom. The summed E-state index contributed by atoms with van der Waals surface area (Å²) in [7, 11) is -4.05. The second-order valence-electron chi connectivity index (χ2n) is 8.82. The van der Waals surface area contributed by atoms with Crippen molar-refractivity contribution in [2.75, 3.05) is 12.3 Å². The number of benzene rings is 2. The van der Waals surface area contributed by atoms with Crippen LogP contribution < -0.4 is 20.9 Å². The molecule has 2 unspecified atom stereocenters. The van der Waals surface area contributed by atoms with E-state index in [-0.39, 0.29) is 30.0 Å². The summed E-state index contributed by atoms with van der Waals surface area (Å²) in [6.45, 7) is 1.45. The third-order valence-electron chi connectivity index (χ3n) is 6.23. The van der Waals surface area contributed by atoms with Crippen molar-refractivity contribution in [3.63, 3.8) is 0 Å². The van der Waals surface area contributed by atoms with E-state index < -0.39 is 25.3 Å². The zero-order valence-corrected chi connectivity index (χ0v) is 20.2. The van der Waals surface area contributed by atoms with E-state index in [1.807, 2.05) is 30.3 Å². The predicted octanol–water partition coefficient (Wildman–Crippen LogP) is 3.07. The number of carboxylic acid groups (broad SMARTS) is 1. The highest BCUT2D eigenvalue weighted by atomic mass is 31.2. The van der Waals surface area contributed by atoms with Crippen LogP contribution in [0.3, 0.4) is 0 Å². The third-order valence-corrected chi connectivity index (χ3v) is 7.85. The van der Waals surface area contributed by atoms with Crippen LogP contribution in [0.25, 0.3) is 21.9 Å². The van der Waals surface area contributed by atoms with Gasteiger partial charge in [0, 0.05) is 11.4 Å². The summed E-state index contributed by atoms with van der Waals surface area (Å²) in [6.07, 6.45) is 2.86. The molecule has 0 saturated heterocycles. The van der Waals surface area contributed by atoms with E-state index in [4.69, 9.17) is 14.8 Å². The molecule has 0 spiro atoms. The molecular weight excluding hydrogens is 487 g/mol. The number of aromatic amines is 1. The van der Waals surface area contributed by atoms with Crippen molar-refractivity contribution in [3.05, 3.63) is 59.1 Å². The van der Waals surface area contributed by atoms with Gasteiger partial charge in [0.15, 0.2) is 11.2 Å². The van der Waals surface area contributed by atoms with Crippen molar-refractivity contribution in [3.8, 4) is 5.75 Å². The molecule has 0 bridgehead atoms. The van der Waals surface area contributed by atoms with E-state index in [2.05, 4.69) is 20.0 Å². The first-order valence-corrected chi connectivity index (χ1v) is 12.9. The van der Waals surface area contributed by atoms with E-state index in [0.717, 1.165) is 10.8 Å². The van der Waals surface area contributed by atoms with Gasteiger partial charge in [-0.15, -0.1) is 0 Å². The van der Waals surface area contributed by atoms with E-state index in [0.29, 0.717) is 24.2 Å². The fraction of sp³-hybridized carbons (Fsp3) is 0.304. The summed E-state index contributed by atoms with van der Waals surface area (Å²) in [4.78, 5) is 34.2. The topological polar surface area (TPSA) is 174 Å². The molecule has 0 radical (unpaired) electrons. The maximum atomic E-state index is 13.6. The second-order valence-corrected chi connectivity index (χ2v) is 10.5. The Bertz CT molecular complexity index is 1540. The lowest BCUT2D eigenvalue weighted by Gasteiger charge is -2.36. The average Bonchev–Trinajstić information content (AvgIpc) is 3.22. The smallest absolute Gasteiger partial charge is 0.459 e. The number of nitrogens with two attached hydrogens (primary N) is 1. The quantitative estimate of drug-likeness (QED) is 0.244. The van der Waals surface area contributed by atoms with Gasteiger partial charge in [0.25, 0.3) is 5.56 Å². The van der Waals surface area contributed by atoms with E-state index in [1.54, 1.807) is 23.0 Å². The van der Waals surface area contributed by atoms with Crippen LogP contribution in [-0.2, 0) is 13.9 Å². The highest BCUT2D eigenvalue weighted by Crippen LogP contribution is 2.49. The number of aromatic nitrogens is 4. The van der Waals surface area contributed by atoms with E-state index >= 15 is 0 Å². The molecule has 12 nitrogen and oxygen atoms in total. The molecule has 13 heteroatoms. The molecule has 188 valence electrons. The fourth-order valence-corrected chi connectivity index (χ4v) is 5.85. The Hall–Kier alpha value is -3.73. The SMILES string of the molecule is CC(NP(=O)(OCC1CC(n2cnc3c(=O)[nH]c(N)nc32)C1)Oc1cccc2ccccc12)C(=O)O. The van der Waals surface area contributed by atoms with Gasteiger partial charge in [-0.05, 0) is 37.1 Å². The van der Waals surface area contributed by atoms with Crippen LogP contribution in [0, 0.1) is 5.92 Å². The Labute approximate surface area is 205 Å². The van der Waals surface area contributed by atoms with Crippen LogP contribution in [0.4, 0.5) is 5.95 Å². The van der Waals surface area contributed by atoms with Gasteiger partial charge in [-0.25, -0.2) is 9.55 Å². The first-order valence-electron chi connectivity index (χ1n) is 11.4. The number of nitrogens with zero attached hydrogens (tertiary/aromatic N) is 3. The number of hydrogen-bond acceptors (Lipinski definition) is 8. The van der Waals surface area contributed by atoms with Crippen LogP contribution in [-0.4, -0.2) is 43.2 Å². The zero-order valence-electron chi connectivity index (χ0n) is 19.3. The molecular formula is C23H25N6O6P. The van der Waals surface area contributed by atoms with Gasteiger partial charge in [0.2, 0.25) is 5.95 Å². The first kappa shape index (κ1) is 24.0. The summed E-state index contributed by atoms with van der Waals surface area (Å²) >= 11 is 0. The lowest BCUT2D eigenvalue weighted by Crippen LogP contribution is -2.35. The molecule has 1 saturated carbocycles. The first-order chi connectivity index (χ1) is 17.2. The minimum absolute atomic E-state index is 0.0126. The van der Waals surface area contributed by atoms with Gasteiger partial charge >= 0.3 is 13.7 Å². The van der Waals surface area contributed by atoms with E-state index in [9.17, 15) is 19.3 Å². The molecule has 1 aliphatic rings. The van der Waals surface area contributed by atoms with Crippen molar-refractivity contribution < 1.29 is 23.5 Å². The summed E-state index contributed by atoms with van der Waals surface area (Å²) in [5.74, 6) is -0.818. The summed E-state index contributed by atoms with van der Waals surface area (Å²) in [5.41, 5.74) is 5.89. The Balaban J connectivity index is 1.30. The lowest BCUT2D eigenvalue weighted by molar-refractivity contribution is -0.138. The molecule has 2 aromatic heterocycles. The number of hydrogen-bond donors (Lipinski definition) is 4. The molecule has 2 atom stereocenters. The summed E-state index contributed by atoms with van der Waals surface area (Å²) in [5, 5.41) is 13.5. The molecule has 5 N–H and O–H groups in total. The number of imidazole rings is 1. The van der Waals surface area contributed by atoms with Gasteiger partial charge < -0.3 is 19.9 Å². The van der Waals surface area contributed by atoms with Crippen molar-refractivity contribution in [2.45, 2.75) is 31.8 Å². The molecule has 0 aliphatic heterocycles. The maximum Gasteiger partial charge on any atom is 0.459 e. The van der Waals surface area contributed by atoms with Crippen LogP contribution >= 0.6 is 7.75 Å². The van der Waals surface area contributed by atoms with Crippen molar-refractivity contribution in [1.82, 2.24) is 24.6 Å². The molecule has 1 fully saturated rings. The third kappa shape index (κ3) is 4.70. The summed E-state index contributed by atoms with van der Waals surface area (Å²) < 4.78 is 27.0. The van der Waals surface area contributed by atoms with Crippen LogP contribution in [0.1, 0.15) is 25.8 Å². The zero-order chi connectivity index (χ0) is 25.4. The van der Waals surface area contributed by atoms with Crippen molar-refractivity contribution in [2.24, 2.45) is 5.92 Å². The lowest BCUT2D eigenvalue weighted by atomic mass is 9.81. The highest BCUT2D eigenvalue weighted by molar-refractivity contribution is 7.52. The number of rotatable bonds is 9. The minimum Gasteiger partial charge on any atom is -0.480 e. The van der Waals surface area contributed by atoms with Gasteiger partial charge in [0.1, 0.15) is 11.8 Å². The van der Waals surface area contributed by atoms with Gasteiger partial charge in [0.05, 0.1) is 12.9 Å². The Morgan fingerprint density at radius 1 is 1.31 bits per heavy atom. The molecule has 5 rings (SSSR count). The molecule has 36 heavy (non-hydrogen) atoms. The van der Waals surface area contributed by atoms with Gasteiger partial charge in [-0.3, -0.25) is 19.1 Å². The number of carboxylic acids is 1. The standard InChI is InChI=1S/C23H25N6O6P/c1-13(22(31)32)28-36(33,35-18-8-4-6-15-5-2-3-7-17(15)18)34-11-14-9-16(10-14)29-12-25-19-20(29)26-23(24)27-21(19)30/h2-8,12-14,16H,9-11H2,1H3,(H,28,33)(H,31,32)(H3,24,26,27,30). The fourth-order valence-electron chi connectivity index (χ4n) is 4.26. The number of fused-ring (bicyclic) bond motifs is 2. The number of nitrogens with one attached hydrogen (secondary N) is 2. The molecule has 1 aliphatic carbocycles. The Kier molecular flexibility index (Phi) is 6.25. The monoisotopic (exact) mass is 512 g/mol. The number of carbonyl (C=O) groups is 1. The number of nitrogen functional groups attached to an aromatic ring is 1. The number of aliphatic carboxylic acids is 1. The summed E-state index contributed by atoms with van der Waals surface area (Å²) in [6, 6.07) is 11.6. The van der Waals surface area contributed by atoms with Gasteiger partial charge in [-0.1, -0.05) is 36.4 Å². The molecule has 0 amide bonds. The van der Waals surface area contributed by atoms with Crippen molar-refractivity contribution in [1.29, 1.82) is 0 Å². The second kappa shape index (κ2) is 9.38. The van der Waals surface area contributed by atoms with E-state index in [1.165, 1.54) is 6.92 Å². The van der Waals surface area contributed by atoms with Crippen LogP contribution in [0.5, 0.6) is 5.75 Å². The van der Waals surface area contributed by atoms with Gasteiger partial charge in [-0.2, -0.15) is 10.1 Å². The van der Waals surface area contributed by atoms with Crippen LogP contribution in [0.2, 0.25) is 0 Å². The Morgan fingerprint density at radius 2 is 2.06 bits per heavy atom. The van der Waals surface area contributed by atoms with Crippen molar-refractivity contribution >= 4 is 41.6 Å². The minimum atomic E-state index is -4.05. The predicted molar refractivity (Wildman–Crippen MR) is 133 cm³/mol. The maximum absolute atomic E-state index is 13.6. The largest absolute Gasteiger partial charge is 0.480 e. The van der Waals surface area contributed by atoms with Crippen LogP contribution in [0.15, 0.2) is 53.6 Å². The number of anilines is 1. The normalized spacial score (nSPS) is 20.0. The molecule has 4 aromatic rings. The molecule has 2 aromatic carbocycles. The molecule has 2 heterocycles. The highest BCUT2D eigenvalue weighted by Gasteiger charge is 2.37. The average molecular weight is 512 g/mol.